The lowest BCUT2D eigenvalue weighted by atomic mass is 10.3. The van der Waals surface area contributed by atoms with E-state index in [0.29, 0.717) is 5.69 Å². The Bertz CT molecular complexity index is 359. The van der Waals surface area contributed by atoms with E-state index in [1.54, 1.807) is 0 Å². The Morgan fingerprint density at radius 2 is 1.75 bits per heavy atom. The minimum absolute atomic E-state index is 0.105. The molecule has 6 heteroatoms. The molecule has 0 aliphatic rings. The molecule has 1 aromatic carbocycles. The van der Waals surface area contributed by atoms with Gasteiger partial charge in [-0.05, 0) is 24.3 Å². The highest BCUT2D eigenvalue weighted by atomic mass is 32.3. The molecule has 66 valence electrons. The molecular weight excluding hydrogens is 185 g/mol. The summed E-state index contributed by atoms with van der Waals surface area (Å²) in [6, 6.07) is 5.32. The molecule has 0 aliphatic heterocycles. The first-order chi connectivity index (χ1) is 5.47. The van der Waals surface area contributed by atoms with Crippen LogP contribution in [-0.4, -0.2) is 8.42 Å². The van der Waals surface area contributed by atoms with E-state index < -0.39 is 10.5 Å². The highest BCUT2D eigenvalue weighted by Crippen LogP contribution is 2.15. The van der Waals surface area contributed by atoms with Crippen molar-refractivity contribution in [1.29, 1.82) is 0 Å². The Labute approximate surface area is 69.2 Å². The molecule has 0 atom stereocenters. The van der Waals surface area contributed by atoms with Gasteiger partial charge in [-0.25, -0.2) is 0 Å². The van der Waals surface area contributed by atoms with Gasteiger partial charge in [0.1, 0.15) is 5.75 Å². The quantitative estimate of drug-likeness (QED) is 0.556. The van der Waals surface area contributed by atoms with Crippen molar-refractivity contribution in [2.24, 2.45) is 0 Å². The molecule has 12 heavy (non-hydrogen) atoms. The van der Waals surface area contributed by atoms with Gasteiger partial charge in [-0.1, -0.05) is 3.89 Å². The van der Waals surface area contributed by atoms with Crippen LogP contribution in [0.5, 0.6) is 5.75 Å². The molecule has 0 saturated heterocycles. The molecule has 0 radical (unpaired) electrons. The highest BCUT2D eigenvalue weighted by Gasteiger charge is 2.08. The Hall–Kier alpha value is -1.30. The lowest BCUT2D eigenvalue weighted by Gasteiger charge is -1.98. The largest absolute Gasteiger partial charge is 0.488 e. The SMILES string of the molecule is Nc1ccc(OS(=O)(=O)F)cc1. The second-order valence-corrected chi connectivity index (χ2v) is 3.00. The maximum absolute atomic E-state index is 11.9. The van der Waals surface area contributed by atoms with Crippen molar-refractivity contribution < 1.29 is 16.5 Å². The lowest BCUT2D eigenvalue weighted by molar-refractivity contribution is 0.440. The molecule has 0 bridgehead atoms. The fraction of sp³-hybridized carbons (Fsp3) is 0. The molecule has 1 aromatic rings. The number of anilines is 1. The van der Waals surface area contributed by atoms with Crippen molar-refractivity contribution in [2.45, 2.75) is 0 Å². The van der Waals surface area contributed by atoms with Gasteiger partial charge in [-0.2, -0.15) is 8.42 Å². The molecule has 2 N–H and O–H groups in total. The summed E-state index contributed by atoms with van der Waals surface area (Å²) < 4.78 is 35.7. The van der Waals surface area contributed by atoms with Crippen LogP contribution in [0, 0.1) is 0 Å². The maximum atomic E-state index is 11.9. The Morgan fingerprint density at radius 3 is 2.17 bits per heavy atom. The van der Waals surface area contributed by atoms with Gasteiger partial charge in [0.05, 0.1) is 0 Å². The van der Waals surface area contributed by atoms with E-state index in [0.717, 1.165) is 0 Å². The second-order valence-electron chi connectivity index (χ2n) is 2.05. The van der Waals surface area contributed by atoms with Crippen LogP contribution in [0.15, 0.2) is 24.3 Å². The van der Waals surface area contributed by atoms with E-state index in [9.17, 15) is 12.3 Å². The van der Waals surface area contributed by atoms with Gasteiger partial charge in [0.2, 0.25) is 0 Å². The lowest BCUT2D eigenvalue weighted by Crippen LogP contribution is -2.00. The fourth-order valence-electron chi connectivity index (χ4n) is 0.638. The average Bonchev–Trinajstić information content (AvgIpc) is 1.91. The number of hydrogen-bond donors (Lipinski definition) is 1. The van der Waals surface area contributed by atoms with Crippen molar-refractivity contribution in [3.63, 3.8) is 0 Å². The fourth-order valence-corrected chi connectivity index (χ4v) is 0.979. The zero-order valence-electron chi connectivity index (χ0n) is 5.90. The first kappa shape index (κ1) is 8.79. The molecule has 0 aliphatic carbocycles. The van der Waals surface area contributed by atoms with Gasteiger partial charge < -0.3 is 9.92 Å². The van der Waals surface area contributed by atoms with Gasteiger partial charge in [-0.15, -0.1) is 0 Å². The molecule has 0 unspecified atom stereocenters. The van der Waals surface area contributed by atoms with Gasteiger partial charge >= 0.3 is 10.5 Å². The molecule has 0 aromatic heterocycles. The average molecular weight is 191 g/mol. The summed E-state index contributed by atoms with van der Waals surface area (Å²) in [5, 5.41) is 0. The van der Waals surface area contributed by atoms with Crippen LogP contribution in [0.4, 0.5) is 9.57 Å². The molecule has 1 rings (SSSR count). The van der Waals surface area contributed by atoms with Crippen molar-refractivity contribution in [2.75, 3.05) is 5.73 Å². The van der Waals surface area contributed by atoms with E-state index in [1.165, 1.54) is 24.3 Å². The molecule has 0 amide bonds. The third-order valence-corrected chi connectivity index (χ3v) is 1.47. The van der Waals surface area contributed by atoms with Crippen LogP contribution >= 0.6 is 0 Å². The maximum Gasteiger partial charge on any atom is 0.488 e. The monoisotopic (exact) mass is 191 g/mol. The first-order valence-corrected chi connectivity index (χ1v) is 4.28. The van der Waals surface area contributed by atoms with Crippen molar-refractivity contribution in [1.82, 2.24) is 0 Å². The Kier molecular flexibility index (Phi) is 2.18. The standard InChI is InChI=1S/C6H6FNO3S/c7-12(9,10)11-6-3-1-5(8)2-4-6/h1-4H,8H2. The number of rotatable bonds is 2. The van der Waals surface area contributed by atoms with Crippen LogP contribution in [0.2, 0.25) is 0 Å². The topological polar surface area (TPSA) is 69.4 Å². The normalized spacial score (nSPS) is 11.1. The summed E-state index contributed by atoms with van der Waals surface area (Å²) in [5.74, 6) is -0.105. The zero-order chi connectivity index (χ0) is 9.19. The van der Waals surface area contributed by atoms with Crippen LogP contribution < -0.4 is 9.92 Å². The molecule has 0 spiro atoms. The number of hydrogen-bond acceptors (Lipinski definition) is 4. The summed E-state index contributed by atoms with van der Waals surface area (Å²) in [6.45, 7) is 0. The van der Waals surface area contributed by atoms with E-state index >= 15 is 0 Å². The summed E-state index contributed by atoms with van der Waals surface area (Å²) in [7, 11) is -4.93. The van der Waals surface area contributed by atoms with Crippen LogP contribution in [-0.2, 0) is 10.5 Å². The number of nitrogens with two attached hydrogens (primary N) is 1. The highest BCUT2D eigenvalue weighted by molar-refractivity contribution is 7.81. The van der Waals surface area contributed by atoms with E-state index in [2.05, 4.69) is 4.18 Å². The van der Waals surface area contributed by atoms with E-state index in [4.69, 9.17) is 5.73 Å². The third-order valence-electron chi connectivity index (χ3n) is 1.08. The van der Waals surface area contributed by atoms with Gasteiger partial charge in [0.25, 0.3) is 0 Å². The van der Waals surface area contributed by atoms with Gasteiger partial charge in [0, 0.05) is 5.69 Å². The molecule has 4 nitrogen and oxygen atoms in total. The van der Waals surface area contributed by atoms with Gasteiger partial charge in [-0.3, -0.25) is 0 Å². The van der Waals surface area contributed by atoms with E-state index in [-0.39, 0.29) is 5.75 Å². The second kappa shape index (κ2) is 2.98. The van der Waals surface area contributed by atoms with Crippen molar-refractivity contribution in [3.05, 3.63) is 24.3 Å². The number of halogens is 1. The molecular formula is C6H6FNO3S. The van der Waals surface area contributed by atoms with Crippen LogP contribution in [0.1, 0.15) is 0 Å². The minimum atomic E-state index is -4.93. The summed E-state index contributed by atoms with van der Waals surface area (Å²) in [4.78, 5) is 0. The van der Waals surface area contributed by atoms with Crippen LogP contribution in [0.3, 0.4) is 0 Å². The summed E-state index contributed by atoms with van der Waals surface area (Å²) in [5.41, 5.74) is 5.73. The van der Waals surface area contributed by atoms with Crippen LogP contribution in [0.25, 0.3) is 0 Å². The van der Waals surface area contributed by atoms with Crippen molar-refractivity contribution in [3.8, 4) is 5.75 Å². The number of nitrogen functional groups attached to an aromatic ring is 1. The smallest absolute Gasteiger partial charge is 0.399 e. The minimum Gasteiger partial charge on any atom is -0.399 e. The number of benzene rings is 1. The van der Waals surface area contributed by atoms with Crippen molar-refractivity contribution >= 4 is 16.2 Å². The molecule has 0 heterocycles. The molecule has 0 saturated carbocycles. The predicted octanol–water partition coefficient (Wildman–Crippen LogP) is 0.862. The zero-order valence-corrected chi connectivity index (χ0v) is 6.71. The van der Waals surface area contributed by atoms with E-state index in [1.807, 2.05) is 0 Å². The third kappa shape index (κ3) is 2.75. The summed E-state index contributed by atoms with van der Waals surface area (Å²) in [6.07, 6.45) is 0. The Morgan fingerprint density at radius 1 is 1.25 bits per heavy atom. The Balaban J connectivity index is 2.85. The summed E-state index contributed by atoms with van der Waals surface area (Å²) >= 11 is 0. The predicted molar refractivity (Wildman–Crippen MR) is 41.5 cm³/mol. The molecule has 0 fully saturated rings. The first-order valence-electron chi connectivity index (χ1n) is 2.97. The van der Waals surface area contributed by atoms with Gasteiger partial charge in [0.15, 0.2) is 0 Å².